The lowest BCUT2D eigenvalue weighted by Crippen LogP contribution is -2.31. The van der Waals surface area contributed by atoms with Crippen molar-refractivity contribution in [2.45, 2.75) is 26.8 Å². The van der Waals surface area contributed by atoms with Crippen LogP contribution in [0.3, 0.4) is 0 Å². The average Bonchev–Trinajstić information content (AvgIpc) is 3.12. The molecule has 0 bridgehead atoms. The van der Waals surface area contributed by atoms with E-state index in [4.69, 9.17) is 14.7 Å². The van der Waals surface area contributed by atoms with Gasteiger partial charge in [0, 0.05) is 38.1 Å². The highest BCUT2D eigenvalue weighted by Crippen LogP contribution is 2.25. The van der Waals surface area contributed by atoms with Crippen LogP contribution in [0.25, 0.3) is 21.9 Å². The Kier molecular flexibility index (Phi) is 5.65. The molecule has 0 amide bonds. The fraction of sp³-hybridized carbons (Fsp3) is 0.391. The summed E-state index contributed by atoms with van der Waals surface area (Å²) in [4.78, 5) is 14.5. The monoisotopic (exact) mass is 434 g/mol. The molecule has 1 fully saturated rings. The molecule has 0 radical (unpaired) electrons. The van der Waals surface area contributed by atoms with Gasteiger partial charge in [0.25, 0.3) is 0 Å². The quantitative estimate of drug-likeness (QED) is 0.469. The van der Waals surface area contributed by atoms with Crippen molar-refractivity contribution in [3.63, 3.8) is 0 Å². The molecule has 0 aliphatic carbocycles. The van der Waals surface area contributed by atoms with E-state index in [0.29, 0.717) is 6.61 Å². The van der Waals surface area contributed by atoms with Gasteiger partial charge in [0.1, 0.15) is 16.8 Å². The number of ether oxygens (including phenoxy) is 1. The standard InChI is InChI=1S/C23H26N6OS/c1-3-30-18-6-8-20-19(14-18)16(2)24-23(25-20)29-10-4-9-28(11-12-29)15-17-5-7-21-22(13-17)27-31-26-21/h5-8,13-14H,3-4,9-12,15H2,1-2H3. The van der Waals surface area contributed by atoms with Crippen molar-refractivity contribution >= 4 is 39.6 Å². The van der Waals surface area contributed by atoms with E-state index in [1.165, 1.54) is 17.3 Å². The van der Waals surface area contributed by atoms with Gasteiger partial charge < -0.3 is 9.64 Å². The Morgan fingerprint density at radius 1 is 0.935 bits per heavy atom. The van der Waals surface area contributed by atoms with Crippen LogP contribution in [0.2, 0.25) is 0 Å². The molecule has 8 heteroatoms. The molecule has 0 N–H and O–H groups in total. The van der Waals surface area contributed by atoms with Crippen LogP contribution < -0.4 is 9.64 Å². The highest BCUT2D eigenvalue weighted by molar-refractivity contribution is 7.00. The lowest BCUT2D eigenvalue weighted by atomic mass is 10.2. The maximum atomic E-state index is 5.63. The predicted octanol–water partition coefficient (Wildman–Crippen LogP) is 4.05. The molecule has 1 aliphatic heterocycles. The Balaban J connectivity index is 1.30. The molecule has 2 aromatic heterocycles. The molecule has 4 aromatic rings. The Morgan fingerprint density at radius 3 is 2.71 bits per heavy atom. The summed E-state index contributed by atoms with van der Waals surface area (Å²) in [6.45, 7) is 9.56. The zero-order valence-corrected chi connectivity index (χ0v) is 18.7. The second kappa shape index (κ2) is 8.72. The first kappa shape index (κ1) is 20.1. The van der Waals surface area contributed by atoms with Crippen LogP contribution in [0.15, 0.2) is 36.4 Å². The van der Waals surface area contributed by atoms with E-state index in [-0.39, 0.29) is 0 Å². The summed E-state index contributed by atoms with van der Waals surface area (Å²) < 4.78 is 14.3. The zero-order valence-electron chi connectivity index (χ0n) is 17.9. The number of hydrogen-bond acceptors (Lipinski definition) is 8. The van der Waals surface area contributed by atoms with Crippen LogP contribution in [0.4, 0.5) is 5.95 Å². The number of rotatable bonds is 5. The van der Waals surface area contributed by atoms with Crippen molar-refractivity contribution in [3.8, 4) is 5.75 Å². The molecule has 3 heterocycles. The molecule has 5 rings (SSSR count). The summed E-state index contributed by atoms with van der Waals surface area (Å²) >= 11 is 1.27. The second-order valence-corrected chi connectivity index (χ2v) is 8.45. The number of anilines is 1. The zero-order chi connectivity index (χ0) is 21.2. The molecule has 0 atom stereocenters. The Morgan fingerprint density at radius 2 is 1.81 bits per heavy atom. The highest BCUT2D eigenvalue weighted by Gasteiger charge is 2.19. The molecular weight excluding hydrogens is 408 g/mol. The largest absolute Gasteiger partial charge is 0.494 e. The van der Waals surface area contributed by atoms with Crippen molar-refractivity contribution in [1.82, 2.24) is 23.6 Å². The summed E-state index contributed by atoms with van der Waals surface area (Å²) in [5, 5.41) is 1.05. The van der Waals surface area contributed by atoms with E-state index in [1.54, 1.807) is 0 Å². The van der Waals surface area contributed by atoms with Gasteiger partial charge >= 0.3 is 0 Å². The summed E-state index contributed by atoms with van der Waals surface area (Å²) in [6, 6.07) is 12.5. The number of benzene rings is 2. The van der Waals surface area contributed by atoms with Gasteiger partial charge in [0.15, 0.2) is 0 Å². The Bertz CT molecular complexity index is 1210. The maximum absolute atomic E-state index is 5.63. The van der Waals surface area contributed by atoms with Crippen LogP contribution in [0.5, 0.6) is 5.75 Å². The van der Waals surface area contributed by atoms with Gasteiger partial charge in [-0.15, -0.1) is 0 Å². The third-order valence-electron chi connectivity index (χ3n) is 5.75. The molecule has 0 saturated carbocycles. The molecular formula is C23H26N6OS. The smallest absolute Gasteiger partial charge is 0.226 e. The van der Waals surface area contributed by atoms with Gasteiger partial charge in [-0.1, -0.05) is 6.07 Å². The first-order valence-corrected chi connectivity index (χ1v) is 11.5. The third kappa shape index (κ3) is 4.31. The maximum Gasteiger partial charge on any atom is 0.226 e. The van der Waals surface area contributed by atoms with Crippen molar-refractivity contribution in [3.05, 3.63) is 47.7 Å². The van der Waals surface area contributed by atoms with E-state index >= 15 is 0 Å². The Labute approximate surface area is 186 Å². The first-order chi connectivity index (χ1) is 15.2. The van der Waals surface area contributed by atoms with Crippen LogP contribution in [0.1, 0.15) is 24.6 Å². The van der Waals surface area contributed by atoms with Gasteiger partial charge in [-0.25, -0.2) is 9.97 Å². The topological polar surface area (TPSA) is 67.3 Å². The molecule has 1 aliphatic rings. The van der Waals surface area contributed by atoms with Crippen LogP contribution in [-0.4, -0.2) is 56.4 Å². The third-order valence-corrected chi connectivity index (χ3v) is 6.31. The minimum absolute atomic E-state index is 0.655. The summed E-state index contributed by atoms with van der Waals surface area (Å²) in [6.07, 6.45) is 1.09. The molecule has 160 valence electrons. The van der Waals surface area contributed by atoms with Crippen LogP contribution >= 0.6 is 11.7 Å². The fourth-order valence-electron chi connectivity index (χ4n) is 4.16. The number of aromatic nitrogens is 4. The highest BCUT2D eigenvalue weighted by atomic mass is 32.1. The molecule has 7 nitrogen and oxygen atoms in total. The lowest BCUT2D eigenvalue weighted by molar-refractivity contribution is 0.285. The van der Waals surface area contributed by atoms with Crippen molar-refractivity contribution in [2.75, 3.05) is 37.7 Å². The normalized spacial score (nSPS) is 15.5. The first-order valence-electron chi connectivity index (χ1n) is 10.8. The molecule has 31 heavy (non-hydrogen) atoms. The van der Waals surface area contributed by atoms with Gasteiger partial charge in [-0.05, 0) is 56.2 Å². The van der Waals surface area contributed by atoms with Gasteiger partial charge in [-0.2, -0.15) is 8.75 Å². The SMILES string of the molecule is CCOc1ccc2nc(N3CCCN(Cc4ccc5nsnc5c4)CC3)nc(C)c2c1. The molecule has 1 saturated heterocycles. The van der Waals surface area contributed by atoms with Crippen molar-refractivity contribution in [1.29, 1.82) is 0 Å². The van der Waals surface area contributed by atoms with E-state index in [2.05, 4.69) is 43.7 Å². The summed E-state index contributed by atoms with van der Waals surface area (Å²) in [5.41, 5.74) is 5.22. The number of nitrogens with zero attached hydrogens (tertiary/aromatic N) is 6. The number of fused-ring (bicyclic) bond motifs is 2. The van der Waals surface area contributed by atoms with E-state index in [0.717, 1.165) is 78.5 Å². The van der Waals surface area contributed by atoms with E-state index in [9.17, 15) is 0 Å². The van der Waals surface area contributed by atoms with Gasteiger partial charge in [0.2, 0.25) is 5.95 Å². The summed E-state index contributed by atoms with van der Waals surface area (Å²) in [7, 11) is 0. The van der Waals surface area contributed by atoms with Crippen LogP contribution in [-0.2, 0) is 6.54 Å². The van der Waals surface area contributed by atoms with E-state index < -0.39 is 0 Å². The van der Waals surface area contributed by atoms with E-state index in [1.807, 2.05) is 25.1 Å². The summed E-state index contributed by atoms with van der Waals surface area (Å²) in [5.74, 6) is 1.69. The average molecular weight is 435 g/mol. The minimum atomic E-state index is 0.655. The molecule has 0 spiro atoms. The van der Waals surface area contributed by atoms with Gasteiger partial charge in [-0.3, -0.25) is 4.90 Å². The minimum Gasteiger partial charge on any atom is -0.494 e. The number of aryl methyl sites for hydroxylation is 1. The van der Waals surface area contributed by atoms with Crippen molar-refractivity contribution in [2.24, 2.45) is 0 Å². The van der Waals surface area contributed by atoms with Crippen molar-refractivity contribution < 1.29 is 4.74 Å². The molecule has 2 aromatic carbocycles. The second-order valence-electron chi connectivity index (χ2n) is 7.93. The Hall–Kier alpha value is -2.84. The fourth-order valence-corrected chi connectivity index (χ4v) is 4.67. The number of hydrogen-bond donors (Lipinski definition) is 0. The van der Waals surface area contributed by atoms with Gasteiger partial charge in [0.05, 0.1) is 29.5 Å². The lowest BCUT2D eigenvalue weighted by Gasteiger charge is -2.22. The predicted molar refractivity (Wildman–Crippen MR) is 125 cm³/mol. The van der Waals surface area contributed by atoms with Crippen LogP contribution in [0, 0.1) is 6.92 Å². The molecule has 0 unspecified atom stereocenters.